The lowest BCUT2D eigenvalue weighted by atomic mass is 9.79. The van der Waals surface area contributed by atoms with Gasteiger partial charge in [0.1, 0.15) is 0 Å². The first kappa shape index (κ1) is 26.5. The van der Waals surface area contributed by atoms with Gasteiger partial charge in [0.2, 0.25) is 0 Å². The van der Waals surface area contributed by atoms with Crippen molar-refractivity contribution in [3.05, 3.63) is 58.7 Å². The van der Waals surface area contributed by atoms with Gasteiger partial charge in [0.05, 0.1) is 38.2 Å². The van der Waals surface area contributed by atoms with Crippen molar-refractivity contribution in [2.45, 2.75) is 32.2 Å². The number of hydrogen-bond donors (Lipinski definition) is 0. The van der Waals surface area contributed by atoms with Crippen molar-refractivity contribution < 1.29 is 19.0 Å². The number of piperidine rings is 1. The van der Waals surface area contributed by atoms with Gasteiger partial charge in [-0.05, 0) is 63.7 Å². The summed E-state index contributed by atoms with van der Waals surface area (Å²) >= 11 is 0. The van der Waals surface area contributed by atoms with Crippen molar-refractivity contribution in [1.82, 2.24) is 9.80 Å². The summed E-state index contributed by atoms with van der Waals surface area (Å²) in [6.45, 7) is 9.63. The fourth-order valence-electron chi connectivity index (χ4n) is 5.37. The van der Waals surface area contributed by atoms with E-state index in [9.17, 15) is 4.79 Å². The van der Waals surface area contributed by atoms with Gasteiger partial charge in [-0.25, -0.2) is 0 Å². The second-order valence-electron chi connectivity index (χ2n) is 9.44. The average molecular weight is 514 g/mol. The van der Waals surface area contributed by atoms with Crippen LogP contribution in [0.1, 0.15) is 53.2 Å². The molecule has 2 atom stereocenters. The van der Waals surface area contributed by atoms with Crippen LogP contribution in [0.5, 0.6) is 11.5 Å². The maximum absolute atomic E-state index is 12.9. The molecule has 0 spiro atoms. The second kappa shape index (κ2) is 11.6. The summed E-state index contributed by atoms with van der Waals surface area (Å²) in [5, 5.41) is 0. The number of carbonyl (C=O) groups is 1. The molecule has 2 fully saturated rings. The van der Waals surface area contributed by atoms with Crippen molar-refractivity contribution >= 4 is 24.0 Å². The van der Waals surface area contributed by atoms with Gasteiger partial charge in [0.25, 0.3) is 5.91 Å². The molecule has 3 aliphatic heterocycles. The summed E-state index contributed by atoms with van der Waals surface area (Å²) in [7, 11) is 2.18. The largest absolute Gasteiger partial charge is 0.490 e. The number of halogens is 1. The van der Waals surface area contributed by atoms with Gasteiger partial charge in [0.15, 0.2) is 11.5 Å². The van der Waals surface area contributed by atoms with Crippen LogP contribution < -0.4 is 9.47 Å². The summed E-state index contributed by atoms with van der Waals surface area (Å²) in [5.41, 5.74) is 5.06. The Hall–Kier alpha value is -2.61. The zero-order chi connectivity index (χ0) is 24.4. The molecule has 3 aliphatic rings. The Morgan fingerprint density at radius 2 is 1.69 bits per heavy atom. The van der Waals surface area contributed by atoms with Gasteiger partial charge in [-0.3, -0.25) is 9.79 Å². The van der Waals surface area contributed by atoms with Gasteiger partial charge in [-0.15, -0.1) is 12.4 Å². The number of nitrogens with zero attached hydrogens (tertiary/aromatic N) is 3. The SMILES string of the molecule is CCOc1cc2c(cc1OCC)C1CN(C)CCC1N=C2c1ccc(C(=O)N2CCOCC2)cc1.Cl. The summed E-state index contributed by atoms with van der Waals surface area (Å²) in [4.78, 5) is 22.4. The normalized spacial score (nSPS) is 21.5. The molecule has 0 aliphatic carbocycles. The molecular formula is C28H36ClN3O4. The molecule has 8 heteroatoms. The van der Waals surface area contributed by atoms with Crippen LogP contribution in [-0.2, 0) is 4.74 Å². The Morgan fingerprint density at radius 3 is 2.36 bits per heavy atom. The number of fused-ring (bicyclic) bond motifs is 3. The van der Waals surface area contributed by atoms with Crippen LogP contribution >= 0.6 is 12.4 Å². The van der Waals surface area contributed by atoms with E-state index < -0.39 is 0 Å². The smallest absolute Gasteiger partial charge is 0.254 e. The van der Waals surface area contributed by atoms with E-state index in [0.717, 1.165) is 47.8 Å². The van der Waals surface area contributed by atoms with E-state index in [2.05, 4.69) is 24.1 Å². The van der Waals surface area contributed by atoms with Gasteiger partial charge < -0.3 is 24.0 Å². The van der Waals surface area contributed by atoms with E-state index in [1.165, 1.54) is 5.56 Å². The van der Waals surface area contributed by atoms with Crippen LogP contribution in [0.4, 0.5) is 0 Å². The summed E-state index contributed by atoms with van der Waals surface area (Å²) < 4.78 is 17.3. The topological polar surface area (TPSA) is 63.6 Å². The number of morpholine rings is 1. The molecule has 1 amide bonds. The zero-order valence-corrected chi connectivity index (χ0v) is 22.2. The maximum Gasteiger partial charge on any atom is 0.254 e. The molecule has 2 saturated heterocycles. The summed E-state index contributed by atoms with van der Waals surface area (Å²) in [5.74, 6) is 1.93. The summed E-state index contributed by atoms with van der Waals surface area (Å²) in [6.07, 6.45) is 1.02. The average Bonchev–Trinajstić information content (AvgIpc) is 2.89. The lowest BCUT2D eigenvalue weighted by molar-refractivity contribution is 0.0303. The van der Waals surface area contributed by atoms with E-state index >= 15 is 0 Å². The van der Waals surface area contributed by atoms with Crippen LogP contribution in [-0.4, -0.2) is 87.1 Å². The third-order valence-electron chi connectivity index (χ3n) is 7.15. The molecule has 3 heterocycles. The first-order valence-electron chi connectivity index (χ1n) is 12.8. The van der Waals surface area contributed by atoms with E-state index in [0.29, 0.717) is 51.0 Å². The minimum absolute atomic E-state index is 0. The lowest BCUT2D eigenvalue weighted by Crippen LogP contribution is -2.42. The first-order chi connectivity index (χ1) is 17.1. The number of carbonyl (C=O) groups excluding carboxylic acids is 1. The van der Waals surface area contributed by atoms with Crippen molar-refractivity contribution in [2.24, 2.45) is 4.99 Å². The Bertz CT molecular complexity index is 1100. The molecule has 0 saturated carbocycles. The second-order valence-corrected chi connectivity index (χ2v) is 9.44. The van der Waals surface area contributed by atoms with E-state index in [-0.39, 0.29) is 24.4 Å². The van der Waals surface area contributed by atoms with Gasteiger partial charge in [0, 0.05) is 42.2 Å². The molecule has 36 heavy (non-hydrogen) atoms. The lowest BCUT2D eigenvalue weighted by Gasteiger charge is -2.39. The predicted octanol–water partition coefficient (Wildman–Crippen LogP) is 4.02. The fourth-order valence-corrected chi connectivity index (χ4v) is 5.37. The Kier molecular flexibility index (Phi) is 8.54. The van der Waals surface area contributed by atoms with Crippen LogP contribution in [0.25, 0.3) is 0 Å². The molecule has 7 nitrogen and oxygen atoms in total. The Morgan fingerprint density at radius 1 is 1.03 bits per heavy atom. The van der Waals surface area contributed by atoms with Crippen molar-refractivity contribution in [2.75, 3.05) is 59.7 Å². The quantitative estimate of drug-likeness (QED) is 0.584. The molecule has 0 aromatic heterocycles. The van der Waals surface area contributed by atoms with E-state index in [1.807, 2.05) is 43.0 Å². The highest BCUT2D eigenvalue weighted by atomic mass is 35.5. The van der Waals surface area contributed by atoms with Crippen molar-refractivity contribution in [3.8, 4) is 11.5 Å². The first-order valence-corrected chi connectivity index (χ1v) is 12.8. The number of benzene rings is 2. The Balaban J connectivity index is 0.00000304. The minimum Gasteiger partial charge on any atom is -0.490 e. The number of aliphatic imine (C=N–C) groups is 1. The standard InChI is InChI=1S/C28H35N3O4.ClH/c1-4-34-25-16-21-22(17-26(25)35-5-2)27(29-24-10-11-30(3)18-23(21)24)19-6-8-20(9-7-19)28(32)31-12-14-33-15-13-31;/h6-9,16-17,23-24H,4-5,10-15,18H2,1-3H3;1H. The molecule has 2 aromatic rings. The van der Waals surface area contributed by atoms with E-state index in [4.69, 9.17) is 19.2 Å². The highest BCUT2D eigenvalue weighted by Gasteiger charge is 2.36. The minimum atomic E-state index is 0. The molecule has 5 rings (SSSR count). The van der Waals surface area contributed by atoms with Gasteiger partial charge >= 0.3 is 0 Å². The number of ether oxygens (including phenoxy) is 3. The number of amides is 1. The third kappa shape index (κ3) is 5.24. The van der Waals surface area contributed by atoms with Crippen molar-refractivity contribution in [3.63, 3.8) is 0 Å². The van der Waals surface area contributed by atoms with Gasteiger partial charge in [-0.1, -0.05) is 12.1 Å². The molecule has 0 bridgehead atoms. The van der Waals surface area contributed by atoms with Crippen molar-refractivity contribution in [1.29, 1.82) is 0 Å². The number of rotatable bonds is 6. The number of likely N-dealkylation sites (N-methyl/N-ethyl adjacent to an activating group) is 1. The predicted molar refractivity (Wildman–Crippen MR) is 143 cm³/mol. The molecule has 2 unspecified atom stereocenters. The molecule has 0 N–H and O–H groups in total. The monoisotopic (exact) mass is 513 g/mol. The van der Waals surface area contributed by atoms with Crippen LogP contribution in [0.15, 0.2) is 41.4 Å². The zero-order valence-electron chi connectivity index (χ0n) is 21.4. The van der Waals surface area contributed by atoms with Crippen LogP contribution in [0, 0.1) is 0 Å². The highest BCUT2D eigenvalue weighted by molar-refractivity contribution is 6.15. The van der Waals surface area contributed by atoms with E-state index in [1.54, 1.807) is 0 Å². The molecular weight excluding hydrogens is 478 g/mol. The van der Waals surface area contributed by atoms with Crippen LogP contribution in [0.2, 0.25) is 0 Å². The van der Waals surface area contributed by atoms with Gasteiger partial charge in [-0.2, -0.15) is 0 Å². The third-order valence-corrected chi connectivity index (χ3v) is 7.15. The molecule has 0 radical (unpaired) electrons. The highest BCUT2D eigenvalue weighted by Crippen LogP contribution is 2.42. The summed E-state index contributed by atoms with van der Waals surface area (Å²) in [6, 6.07) is 12.4. The Labute approximate surface area is 219 Å². The molecule has 2 aromatic carbocycles. The number of likely N-dealkylation sites (tertiary alicyclic amines) is 1. The number of hydrogen-bond acceptors (Lipinski definition) is 6. The van der Waals surface area contributed by atoms with Crippen LogP contribution in [0.3, 0.4) is 0 Å². The molecule has 194 valence electrons. The maximum atomic E-state index is 12.9. The fraction of sp³-hybridized carbons (Fsp3) is 0.500.